The first kappa shape index (κ1) is 19.4. The second-order valence-electron chi connectivity index (χ2n) is 6.34. The van der Waals surface area contributed by atoms with Gasteiger partial charge in [-0.15, -0.1) is 0 Å². The Morgan fingerprint density at radius 2 is 2.04 bits per heavy atom. The number of nitrogens with one attached hydrogen (secondary N) is 1. The van der Waals surface area contributed by atoms with Gasteiger partial charge in [-0.25, -0.2) is 12.8 Å². The zero-order valence-electron chi connectivity index (χ0n) is 14.7. The first-order valence-electron chi connectivity index (χ1n) is 8.50. The summed E-state index contributed by atoms with van der Waals surface area (Å²) in [5.41, 5.74) is 1.20. The van der Waals surface area contributed by atoms with Gasteiger partial charge in [-0.2, -0.15) is 0 Å². The highest BCUT2D eigenvalue weighted by atomic mass is 32.2. The van der Waals surface area contributed by atoms with Gasteiger partial charge in [0.1, 0.15) is 11.9 Å². The van der Waals surface area contributed by atoms with Crippen LogP contribution in [0.25, 0.3) is 0 Å². The molecule has 0 spiro atoms. The molecule has 1 N–H and O–H groups in total. The molecule has 1 aromatic carbocycles. The molecule has 0 bridgehead atoms. The molecule has 0 radical (unpaired) electrons. The fraction of sp³-hybridized carbons (Fsp3) is 0.500. The summed E-state index contributed by atoms with van der Waals surface area (Å²) in [6.45, 7) is 1.91. The third kappa shape index (κ3) is 5.29. The Bertz CT molecular complexity index is 746. The maximum Gasteiger partial charge on any atom is 0.243 e. The van der Waals surface area contributed by atoms with E-state index in [1.54, 1.807) is 0 Å². The highest BCUT2D eigenvalue weighted by molar-refractivity contribution is 7.92. The highest BCUT2D eigenvalue weighted by Gasteiger charge is 2.30. The fourth-order valence-electron chi connectivity index (χ4n) is 3.04. The normalized spacial score (nSPS) is 16.0. The number of amides is 1. The van der Waals surface area contributed by atoms with Gasteiger partial charge in [-0.3, -0.25) is 9.10 Å². The molecule has 25 heavy (non-hydrogen) atoms. The summed E-state index contributed by atoms with van der Waals surface area (Å²) in [6.07, 6.45) is 8.45. The molecular weight excluding hydrogens is 343 g/mol. The summed E-state index contributed by atoms with van der Waals surface area (Å²) in [7, 11) is -3.81. The third-order valence-electron chi connectivity index (χ3n) is 4.31. The zero-order valence-corrected chi connectivity index (χ0v) is 15.5. The number of para-hydroxylation sites is 1. The molecule has 0 unspecified atom stereocenters. The Morgan fingerprint density at radius 3 is 2.64 bits per heavy atom. The van der Waals surface area contributed by atoms with E-state index in [-0.39, 0.29) is 5.69 Å². The van der Waals surface area contributed by atoms with Crippen LogP contribution in [0.1, 0.15) is 39.0 Å². The van der Waals surface area contributed by atoms with E-state index in [0.717, 1.165) is 29.8 Å². The Hall–Kier alpha value is -1.89. The van der Waals surface area contributed by atoms with Gasteiger partial charge < -0.3 is 5.32 Å². The number of sulfonamides is 1. The predicted molar refractivity (Wildman–Crippen MR) is 97.4 cm³/mol. The topological polar surface area (TPSA) is 66.5 Å². The van der Waals surface area contributed by atoms with Crippen LogP contribution < -0.4 is 9.62 Å². The standard InChI is InChI=1S/C18H25FN2O3S/c1-14(18(22)20-13-12-15-8-4-3-5-9-15)21(25(2,23)24)17-11-7-6-10-16(17)19/h6-8,10-11,14H,3-5,9,12-13H2,1-2H3,(H,20,22)/t14-/m1/s1. The van der Waals surface area contributed by atoms with E-state index < -0.39 is 27.8 Å². The molecule has 1 aliphatic carbocycles. The first-order chi connectivity index (χ1) is 11.8. The van der Waals surface area contributed by atoms with Crippen LogP contribution >= 0.6 is 0 Å². The number of benzene rings is 1. The number of anilines is 1. The SMILES string of the molecule is C[C@H](C(=O)NCCC1=CCCCC1)N(c1ccccc1F)S(C)(=O)=O. The Morgan fingerprint density at radius 1 is 1.32 bits per heavy atom. The van der Waals surface area contributed by atoms with Crippen molar-refractivity contribution in [3.8, 4) is 0 Å². The summed E-state index contributed by atoms with van der Waals surface area (Å²) in [4.78, 5) is 12.4. The van der Waals surface area contributed by atoms with Crippen LogP contribution in [0.2, 0.25) is 0 Å². The first-order valence-corrected chi connectivity index (χ1v) is 10.3. The lowest BCUT2D eigenvalue weighted by Gasteiger charge is -2.28. The molecule has 138 valence electrons. The lowest BCUT2D eigenvalue weighted by atomic mass is 9.97. The highest BCUT2D eigenvalue weighted by Crippen LogP contribution is 2.24. The molecule has 1 atom stereocenters. The van der Waals surface area contributed by atoms with Gasteiger partial charge in [0.25, 0.3) is 0 Å². The van der Waals surface area contributed by atoms with Gasteiger partial charge in [0, 0.05) is 6.54 Å². The van der Waals surface area contributed by atoms with Crippen LogP contribution in [0.3, 0.4) is 0 Å². The van der Waals surface area contributed by atoms with Crippen LogP contribution in [0.15, 0.2) is 35.9 Å². The molecule has 2 rings (SSSR count). The van der Waals surface area contributed by atoms with Crippen molar-refractivity contribution in [2.45, 2.75) is 45.1 Å². The van der Waals surface area contributed by atoms with Crippen LogP contribution in [0, 0.1) is 5.82 Å². The van der Waals surface area contributed by atoms with E-state index in [4.69, 9.17) is 0 Å². The number of carbonyl (C=O) groups excluding carboxylic acids is 1. The van der Waals surface area contributed by atoms with E-state index in [2.05, 4.69) is 11.4 Å². The lowest BCUT2D eigenvalue weighted by Crippen LogP contribution is -2.48. The van der Waals surface area contributed by atoms with Crippen molar-refractivity contribution in [2.75, 3.05) is 17.1 Å². The molecule has 1 aromatic rings. The summed E-state index contributed by atoms with van der Waals surface area (Å²) < 4.78 is 39.1. The van der Waals surface area contributed by atoms with E-state index in [9.17, 15) is 17.6 Å². The Balaban J connectivity index is 2.06. The quantitative estimate of drug-likeness (QED) is 0.753. The van der Waals surface area contributed by atoms with Gasteiger partial charge in [0.2, 0.25) is 15.9 Å². The molecule has 0 saturated heterocycles. The summed E-state index contributed by atoms with van der Waals surface area (Å²) in [5, 5.41) is 2.76. The monoisotopic (exact) mass is 368 g/mol. The summed E-state index contributed by atoms with van der Waals surface area (Å²) in [5.74, 6) is -1.12. The van der Waals surface area contributed by atoms with Crippen molar-refractivity contribution in [2.24, 2.45) is 0 Å². The minimum Gasteiger partial charge on any atom is -0.354 e. The van der Waals surface area contributed by atoms with Gasteiger partial charge in [-0.05, 0) is 51.2 Å². The fourth-order valence-corrected chi connectivity index (χ4v) is 4.21. The number of nitrogens with zero attached hydrogens (tertiary/aromatic N) is 1. The molecule has 0 heterocycles. The lowest BCUT2D eigenvalue weighted by molar-refractivity contribution is -0.121. The van der Waals surface area contributed by atoms with E-state index in [1.807, 2.05) is 0 Å². The van der Waals surface area contributed by atoms with Crippen molar-refractivity contribution in [3.63, 3.8) is 0 Å². The van der Waals surface area contributed by atoms with E-state index >= 15 is 0 Å². The molecule has 1 aliphatic rings. The number of hydrogen-bond acceptors (Lipinski definition) is 3. The average molecular weight is 368 g/mol. The summed E-state index contributed by atoms with van der Waals surface area (Å²) >= 11 is 0. The smallest absolute Gasteiger partial charge is 0.243 e. The molecule has 0 saturated carbocycles. The zero-order chi connectivity index (χ0) is 18.4. The summed E-state index contributed by atoms with van der Waals surface area (Å²) in [6, 6.07) is 4.51. The van der Waals surface area contributed by atoms with Crippen molar-refractivity contribution in [3.05, 3.63) is 41.7 Å². The maximum atomic E-state index is 14.0. The minimum atomic E-state index is -3.81. The second kappa shape index (κ2) is 8.47. The average Bonchev–Trinajstić information content (AvgIpc) is 2.56. The van der Waals surface area contributed by atoms with Crippen molar-refractivity contribution >= 4 is 21.6 Å². The largest absolute Gasteiger partial charge is 0.354 e. The molecule has 7 heteroatoms. The number of carbonyl (C=O) groups is 1. The van der Waals surface area contributed by atoms with Crippen molar-refractivity contribution in [1.29, 1.82) is 0 Å². The van der Waals surface area contributed by atoms with E-state index in [0.29, 0.717) is 6.54 Å². The maximum absolute atomic E-state index is 14.0. The molecule has 0 aromatic heterocycles. The minimum absolute atomic E-state index is 0.123. The number of rotatable bonds is 7. The van der Waals surface area contributed by atoms with Crippen molar-refractivity contribution in [1.82, 2.24) is 5.32 Å². The van der Waals surface area contributed by atoms with E-state index in [1.165, 1.54) is 49.6 Å². The van der Waals surface area contributed by atoms with Gasteiger partial charge in [-0.1, -0.05) is 23.8 Å². The number of halogens is 1. The molecule has 0 aliphatic heterocycles. The Labute approximate surface area is 149 Å². The number of allylic oxidation sites excluding steroid dienone is 1. The predicted octanol–water partition coefficient (Wildman–Crippen LogP) is 2.99. The molecular formula is C18H25FN2O3S. The number of hydrogen-bond donors (Lipinski definition) is 1. The van der Waals surface area contributed by atoms with Crippen LogP contribution in [-0.4, -0.2) is 33.2 Å². The van der Waals surface area contributed by atoms with Crippen LogP contribution in [0.4, 0.5) is 10.1 Å². The van der Waals surface area contributed by atoms with Gasteiger partial charge in [0.15, 0.2) is 0 Å². The van der Waals surface area contributed by atoms with Gasteiger partial charge >= 0.3 is 0 Å². The molecule has 0 fully saturated rings. The van der Waals surface area contributed by atoms with Crippen LogP contribution in [-0.2, 0) is 14.8 Å². The van der Waals surface area contributed by atoms with Crippen LogP contribution in [0.5, 0.6) is 0 Å². The Kier molecular flexibility index (Phi) is 6.58. The third-order valence-corrected chi connectivity index (χ3v) is 5.54. The molecule has 5 nitrogen and oxygen atoms in total. The molecule has 1 amide bonds. The van der Waals surface area contributed by atoms with Crippen molar-refractivity contribution < 1.29 is 17.6 Å². The van der Waals surface area contributed by atoms with Gasteiger partial charge in [0.05, 0.1) is 11.9 Å². The second-order valence-corrected chi connectivity index (χ2v) is 8.19.